The Morgan fingerprint density at radius 1 is 1.07 bits per heavy atom. The standard InChI is InChI=1S/C18H22N2O7S2/c1-5-13(2)14-6-8-15(9-7-14)27-29(25,26)18-11-10-16(12-17(18)20(21)22)28(23,24)19(3)4/h6-13H,5H2,1-4H3/t13-/m1/s1. The molecule has 0 aliphatic heterocycles. The normalized spacial score (nSPS) is 13.3. The van der Waals surface area contributed by atoms with E-state index in [1.165, 1.54) is 26.2 Å². The first-order chi connectivity index (χ1) is 13.4. The molecule has 158 valence electrons. The fraction of sp³-hybridized carbons (Fsp3) is 0.333. The van der Waals surface area contributed by atoms with E-state index in [1.807, 2.05) is 13.8 Å². The fourth-order valence-electron chi connectivity index (χ4n) is 2.48. The lowest BCUT2D eigenvalue weighted by atomic mass is 9.99. The summed E-state index contributed by atoms with van der Waals surface area (Å²) in [5.74, 6) is 0.282. The molecule has 29 heavy (non-hydrogen) atoms. The maximum atomic E-state index is 12.6. The number of nitrogens with zero attached hydrogens (tertiary/aromatic N) is 2. The Labute approximate surface area is 170 Å². The van der Waals surface area contributed by atoms with Gasteiger partial charge in [-0.15, -0.1) is 0 Å². The molecule has 0 aliphatic rings. The van der Waals surface area contributed by atoms with E-state index in [2.05, 4.69) is 0 Å². The van der Waals surface area contributed by atoms with E-state index in [9.17, 15) is 26.9 Å². The Bertz CT molecular complexity index is 1110. The zero-order chi connectivity index (χ0) is 22.0. The number of hydrogen-bond donors (Lipinski definition) is 0. The summed E-state index contributed by atoms with van der Waals surface area (Å²) in [6.45, 7) is 4.05. The second kappa shape index (κ2) is 8.47. The topological polar surface area (TPSA) is 124 Å². The molecule has 2 aromatic rings. The van der Waals surface area contributed by atoms with E-state index >= 15 is 0 Å². The summed E-state index contributed by atoms with van der Waals surface area (Å²) in [5.41, 5.74) is 0.116. The second-order valence-electron chi connectivity index (χ2n) is 6.59. The van der Waals surface area contributed by atoms with Crippen molar-refractivity contribution in [3.63, 3.8) is 0 Å². The molecule has 1 atom stereocenters. The molecule has 0 amide bonds. The van der Waals surface area contributed by atoms with Gasteiger partial charge in [0.2, 0.25) is 10.0 Å². The van der Waals surface area contributed by atoms with E-state index in [1.54, 1.807) is 12.1 Å². The highest BCUT2D eigenvalue weighted by Crippen LogP contribution is 2.30. The molecule has 0 heterocycles. The summed E-state index contributed by atoms with van der Waals surface area (Å²) < 4.78 is 55.5. The zero-order valence-corrected chi connectivity index (χ0v) is 18.0. The predicted molar refractivity (Wildman–Crippen MR) is 107 cm³/mol. The van der Waals surface area contributed by atoms with Crippen molar-refractivity contribution in [2.45, 2.75) is 36.0 Å². The Balaban J connectivity index is 2.45. The van der Waals surface area contributed by atoms with Gasteiger partial charge in [-0.3, -0.25) is 10.1 Å². The molecule has 0 unspecified atom stereocenters. The lowest BCUT2D eigenvalue weighted by Gasteiger charge is -2.13. The molecule has 0 fully saturated rings. The third kappa shape index (κ3) is 4.92. The van der Waals surface area contributed by atoms with E-state index in [0.29, 0.717) is 6.07 Å². The molecule has 2 rings (SSSR count). The van der Waals surface area contributed by atoms with Crippen molar-refractivity contribution < 1.29 is 25.9 Å². The van der Waals surface area contributed by atoms with Gasteiger partial charge in [0.25, 0.3) is 5.69 Å². The van der Waals surface area contributed by atoms with Crippen molar-refractivity contribution in [2.75, 3.05) is 14.1 Å². The van der Waals surface area contributed by atoms with Gasteiger partial charge in [-0.25, -0.2) is 12.7 Å². The summed E-state index contributed by atoms with van der Waals surface area (Å²) in [5, 5.41) is 11.4. The van der Waals surface area contributed by atoms with Crippen molar-refractivity contribution in [2.24, 2.45) is 0 Å². The summed E-state index contributed by atoms with van der Waals surface area (Å²) in [6.07, 6.45) is 0.910. The van der Waals surface area contributed by atoms with E-state index in [0.717, 1.165) is 28.4 Å². The minimum atomic E-state index is -4.56. The zero-order valence-electron chi connectivity index (χ0n) is 16.4. The van der Waals surface area contributed by atoms with Crippen LogP contribution >= 0.6 is 0 Å². The number of sulfonamides is 1. The van der Waals surface area contributed by atoms with Crippen LogP contribution in [0.25, 0.3) is 0 Å². The summed E-state index contributed by atoms with van der Waals surface area (Å²) in [4.78, 5) is 9.31. The molecule has 0 bridgehead atoms. The first-order valence-electron chi connectivity index (χ1n) is 8.65. The maximum Gasteiger partial charge on any atom is 0.346 e. The van der Waals surface area contributed by atoms with Crippen LogP contribution in [0.15, 0.2) is 52.3 Å². The van der Waals surface area contributed by atoms with Crippen molar-refractivity contribution in [3.05, 3.63) is 58.1 Å². The molecule has 0 saturated heterocycles. The highest BCUT2D eigenvalue weighted by molar-refractivity contribution is 7.89. The average molecular weight is 443 g/mol. The average Bonchev–Trinajstić information content (AvgIpc) is 2.66. The fourth-order valence-corrected chi connectivity index (χ4v) is 4.48. The van der Waals surface area contributed by atoms with Crippen molar-refractivity contribution in [1.29, 1.82) is 0 Å². The van der Waals surface area contributed by atoms with Gasteiger partial charge in [-0.1, -0.05) is 26.0 Å². The van der Waals surface area contributed by atoms with Gasteiger partial charge < -0.3 is 4.18 Å². The van der Waals surface area contributed by atoms with E-state index in [4.69, 9.17) is 4.18 Å². The third-order valence-electron chi connectivity index (χ3n) is 4.44. The molecule has 0 spiro atoms. The number of nitro benzene ring substituents is 1. The van der Waals surface area contributed by atoms with Gasteiger partial charge in [-0.2, -0.15) is 8.42 Å². The minimum Gasteiger partial charge on any atom is -0.379 e. The van der Waals surface area contributed by atoms with E-state index < -0.39 is 40.5 Å². The summed E-state index contributed by atoms with van der Waals surface area (Å²) >= 11 is 0. The van der Waals surface area contributed by atoms with Crippen LogP contribution in [-0.4, -0.2) is 40.2 Å². The van der Waals surface area contributed by atoms with Crippen LogP contribution in [0, 0.1) is 10.1 Å². The molecule has 9 nitrogen and oxygen atoms in total. The molecule has 0 aromatic heterocycles. The maximum absolute atomic E-state index is 12.6. The van der Waals surface area contributed by atoms with Crippen LogP contribution in [0.2, 0.25) is 0 Å². The molecular weight excluding hydrogens is 420 g/mol. The molecular formula is C18H22N2O7S2. The molecule has 0 N–H and O–H groups in total. The lowest BCUT2D eigenvalue weighted by molar-refractivity contribution is -0.388. The van der Waals surface area contributed by atoms with Crippen molar-refractivity contribution in [1.82, 2.24) is 4.31 Å². The first-order valence-corrected chi connectivity index (χ1v) is 11.5. The van der Waals surface area contributed by atoms with Crippen LogP contribution in [0.1, 0.15) is 31.7 Å². The predicted octanol–water partition coefficient (Wildman–Crippen LogP) is 3.13. The lowest BCUT2D eigenvalue weighted by Crippen LogP contribution is -2.22. The number of benzene rings is 2. The van der Waals surface area contributed by atoms with Crippen molar-refractivity contribution in [3.8, 4) is 5.75 Å². The SMILES string of the molecule is CC[C@@H](C)c1ccc(OS(=O)(=O)c2ccc(S(=O)(=O)N(C)C)cc2[N+](=O)[O-])cc1. The highest BCUT2D eigenvalue weighted by Gasteiger charge is 2.31. The van der Waals surface area contributed by atoms with Crippen LogP contribution in [0.5, 0.6) is 5.75 Å². The van der Waals surface area contributed by atoms with Gasteiger partial charge >= 0.3 is 10.1 Å². The van der Waals surface area contributed by atoms with Gasteiger partial charge in [0, 0.05) is 20.2 Å². The highest BCUT2D eigenvalue weighted by atomic mass is 32.2. The molecule has 0 saturated carbocycles. The minimum absolute atomic E-state index is 0.00339. The quantitative estimate of drug-likeness (QED) is 0.349. The third-order valence-corrected chi connectivity index (χ3v) is 7.55. The number of hydrogen-bond acceptors (Lipinski definition) is 7. The molecule has 0 radical (unpaired) electrons. The first kappa shape index (κ1) is 22.8. The van der Waals surface area contributed by atoms with Crippen LogP contribution in [0.3, 0.4) is 0 Å². The monoisotopic (exact) mass is 442 g/mol. The second-order valence-corrected chi connectivity index (χ2v) is 10.3. The van der Waals surface area contributed by atoms with Crippen molar-refractivity contribution >= 4 is 25.8 Å². The molecule has 11 heteroatoms. The van der Waals surface area contributed by atoms with Crippen LogP contribution in [0.4, 0.5) is 5.69 Å². The smallest absolute Gasteiger partial charge is 0.346 e. The van der Waals surface area contributed by atoms with Crippen LogP contribution in [-0.2, 0) is 20.1 Å². The largest absolute Gasteiger partial charge is 0.379 e. The molecule has 2 aromatic carbocycles. The Morgan fingerprint density at radius 2 is 1.66 bits per heavy atom. The van der Waals surface area contributed by atoms with Crippen LogP contribution < -0.4 is 4.18 Å². The molecule has 0 aliphatic carbocycles. The van der Waals surface area contributed by atoms with Gasteiger partial charge in [-0.05, 0) is 42.2 Å². The van der Waals surface area contributed by atoms with E-state index in [-0.39, 0.29) is 11.7 Å². The van der Waals surface area contributed by atoms with Gasteiger partial charge in [0.15, 0.2) is 4.90 Å². The Hall–Kier alpha value is -2.50. The Kier molecular flexibility index (Phi) is 6.66. The number of rotatable bonds is 8. The number of nitro groups is 1. The van der Waals surface area contributed by atoms with Gasteiger partial charge in [0.05, 0.1) is 9.82 Å². The summed E-state index contributed by atoms with van der Waals surface area (Å²) in [6, 6.07) is 8.94. The Morgan fingerprint density at radius 3 is 2.14 bits per heavy atom. The summed E-state index contributed by atoms with van der Waals surface area (Å²) in [7, 11) is -6.01. The van der Waals surface area contributed by atoms with Gasteiger partial charge in [0.1, 0.15) is 5.75 Å².